The molecule has 3 aromatic rings. The lowest BCUT2D eigenvalue weighted by Crippen LogP contribution is -2.14. The van der Waals surface area contributed by atoms with Gasteiger partial charge in [-0.25, -0.2) is 4.79 Å². The Labute approximate surface area is 116 Å². The molecular formula is C14H9F3N2O2. The molecule has 1 aromatic heterocycles. The standard InChI is InChI=1S/C14H9F3N2O2/c15-14(16,17)8-5-6-10-9(7-8)18-13(21)19(10)11-3-1-2-4-12(11)20/h1-7,20H,(H,18,21). The topological polar surface area (TPSA) is 58.0 Å². The molecule has 2 aromatic carbocycles. The summed E-state index contributed by atoms with van der Waals surface area (Å²) in [4.78, 5) is 14.3. The molecule has 7 heteroatoms. The van der Waals surface area contributed by atoms with Gasteiger partial charge in [-0.1, -0.05) is 12.1 Å². The van der Waals surface area contributed by atoms with Crippen LogP contribution in [0.4, 0.5) is 13.2 Å². The van der Waals surface area contributed by atoms with Crippen LogP contribution in [0.3, 0.4) is 0 Å². The lowest BCUT2D eigenvalue weighted by molar-refractivity contribution is -0.137. The van der Waals surface area contributed by atoms with Crippen LogP contribution in [-0.4, -0.2) is 14.7 Å². The molecule has 21 heavy (non-hydrogen) atoms. The minimum atomic E-state index is -4.48. The second kappa shape index (κ2) is 4.41. The van der Waals surface area contributed by atoms with Gasteiger partial charge in [0.05, 0.1) is 22.3 Å². The van der Waals surface area contributed by atoms with Crippen molar-refractivity contribution in [2.45, 2.75) is 6.18 Å². The van der Waals surface area contributed by atoms with Gasteiger partial charge in [0.15, 0.2) is 0 Å². The predicted octanol–water partition coefficient (Wildman–Crippen LogP) is 3.04. The predicted molar refractivity (Wildman–Crippen MR) is 70.6 cm³/mol. The monoisotopic (exact) mass is 294 g/mol. The second-order valence-electron chi connectivity index (χ2n) is 4.48. The van der Waals surface area contributed by atoms with E-state index in [1.54, 1.807) is 12.1 Å². The number of imidazole rings is 1. The van der Waals surface area contributed by atoms with Crippen molar-refractivity contribution in [2.24, 2.45) is 0 Å². The SMILES string of the molecule is O=c1[nH]c2cc(C(F)(F)F)ccc2n1-c1ccccc1O. The molecular weight excluding hydrogens is 285 g/mol. The number of alkyl halides is 3. The average Bonchev–Trinajstić information content (AvgIpc) is 2.73. The molecule has 0 spiro atoms. The molecule has 0 aliphatic heterocycles. The third-order valence-electron chi connectivity index (χ3n) is 3.13. The van der Waals surface area contributed by atoms with Gasteiger partial charge in [-0.15, -0.1) is 0 Å². The summed E-state index contributed by atoms with van der Waals surface area (Å²) in [6, 6.07) is 9.05. The quantitative estimate of drug-likeness (QED) is 0.724. The van der Waals surface area contributed by atoms with E-state index < -0.39 is 17.4 Å². The number of phenols is 1. The van der Waals surface area contributed by atoms with E-state index in [-0.39, 0.29) is 22.5 Å². The van der Waals surface area contributed by atoms with Gasteiger partial charge in [-0.05, 0) is 30.3 Å². The Morgan fingerprint density at radius 1 is 1.10 bits per heavy atom. The van der Waals surface area contributed by atoms with E-state index in [1.807, 2.05) is 0 Å². The lowest BCUT2D eigenvalue weighted by atomic mass is 10.2. The Bertz CT molecular complexity index is 878. The number of nitrogens with zero attached hydrogens (tertiary/aromatic N) is 1. The van der Waals surface area contributed by atoms with Crippen molar-refractivity contribution in [1.82, 2.24) is 9.55 Å². The second-order valence-corrected chi connectivity index (χ2v) is 4.48. The van der Waals surface area contributed by atoms with Crippen molar-refractivity contribution in [3.8, 4) is 11.4 Å². The first-order valence-corrected chi connectivity index (χ1v) is 5.98. The van der Waals surface area contributed by atoms with Gasteiger partial charge in [0, 0.05) is 0 Å². The third-order valence-corrected chi connectivity index (χ3v) is 3.13. The number of rotatable bonds is 1. The van der Waals surface area contributed by atoms with E-state index in [2.05, 4.69) is 4.98 Å². The maximum atomic E-state index is 12.7. The van der Waals surface area contributed by atoms with Gasteiger partial charge in [0.1, 0.15) is 5.75 Å². The number of hydrogen-bond donors (Lipinski definition) is 2. The Kier molecular flexibility index (Phi) is 2.79. The van der Waals surface area contributed by atoms with E-state index in [0.29, 0.717) is 0 Å². The van der Waals surface area contributed by atoms with Gasteiger partial charge >= 0.3 is 11.9 Å². The van der Waals surface area contributed by atoms with Gasteiger partial charge in [-0.3, -0.25) is 4.57 Å². The molecule has 0 aliphatic rings. The number of phenolic OH excluding ortho intramolecular Hbond substituents is 1. The fourth-order valence-electron chi connectivity index (χ4n) is 2.18. The highest BCUT2D eigenvalue weighted by molar-refractivity contribution is 5.78. The summed E-state index contributed by atoms with van der Waals surface area (Å²) in [5, 5.41) is 9.80. The van der Waals surface area contributed by atoms with Crippen molar-refractivity contribution in [1.29, 1.82) is 0 Å². The van der Waals surface area contributed by atoms with Crippen LogP contribution in [0.1, 0.15) is 5.56 Å². The van der Waals surface area contributed by atoms with Crippen molar-refractivity contribution in [3.63, 3.8) is 0 Å². The van der Waals surface area contributed by atoms with Crippen molar-refractivity contribution < 1.29 is 18.3 Å². The molecule has 2 N–H and O–H groups in total. The van der Waals surface area contributed by atoms with Gasteiger partial charge < -0.3 is 10.1 Å². The van der Waals surface area contributed by atoms with Crippen molar-refractivity contribution in [3.05, 3.63) is 58.5 Å². The Balaban J connectivity index is 2.29. The molecule has 0 bridgehead atoms. The summed E-state index contributed by atoms with van der Waals surface area (Å²) in [5.41, 5.74) is -0.951. The molecule has 0 saturated carbocycles. The van der Waals surface area contributed by atoms with E-state index in [4.69, 9.17) is 0 Å². The fourth-order valence-corrected chi connectivity index (χ4v) is 2.18. The van der Waals surface area contributed by atoms with Crippen molar-refractivity contribution >= 4 is 11.0 Å². The molecule has 0 fully saturated rings. The zero-order chi connectivity index (χ0) is 15.2. The summed E-state index contributed by atoms with van der Waals surface area (Å²) in [6.45, 7) is 0. The number of halogens is 3. The highest BCUT2D eigenvalue weighted by Crippen LogP contribution is 2.31. The molecule has 0 amide bonds. The molecule has 0 atom stereocenters. The Hall–Kier alpha value is -2.70. The molecule has 0 aliphatic carbocycles. The number of fused-ring (bicyclic) bond motifs is 1. The zero-order valence-corrected chi connectivity index (χ0v) is 10.5. The maximum Gasteiger partial charge on any atom is 0.416 e. The minimum absolute atomic E-state index is 0.0538. The third kappa shape index (κ3) is 2.16. The van der Waals surface area contributed by atoms with Crippen LogP contribution >= 0.6 is 0 Å². The van der Waals surface area contributed by atoms with E-state index >= 15 is 0 Å². The van der Waals surface area contributed by atoms with E-state index in [9.17, 15) is 23.1 Å². The summed E-state index contributed by atoms with van der Waals surface area (Å²) >= 11 is 0. The number of para-hydroxylation sites is 2. The summed E-state index contributed by atoms with van der Waals surface area (Å²) in [5.74, 6) is -0.139. The normalized spacial score (nSPS) is 12.0. The molecule has 4 nitrogen and oxygen atoms in total. The van der Waals surface area contributed by atoms with Crippen molar-refractivity contribution in [2.75, 3.05) is 0 Å². The zero-order valence-electron chi connectivity index (χ0n) is 10.5. The molecule has 108 valence electrons. The van der Waals surface area contributed by atoms with Crippen LogP contribution in [0, 0.1) is 0 Å². The Morgan fingerprint density at radius 2 is 1.81 bits per heavy atom. The number of nitrogens with one attached hydrogen (secondary N) is 1. The van der Waals surface area contributed by atoms with Crippen LogP contribution in [-0.2, 0) is 6.18 Å². The van der Waals surface area contributed by atoms with E-state index in [1.165, 1.54) is 18.2 Å². The van der Waals surface area contributed by atoms with Crippen LogP contribution in [0.25, 0.3) is 16.7 Å². The van der Waals surface area contributed by atoms with Crippen LogP contribution in [0.2, 0.25) is 0 Å². The van der Waals surface area contributed by atoms with Gasteiger partial charge in [-0.2, -0.15) is 13.2 Å². The Morgan fingerprint density at radius 3 is 2.48 bits per heavy atom. The molecule has 3 rings (SSSR count). The molecule has 1 heterocycles. The maximum absolute atomic E-state index is 12.7. The van der Waals surface area contributed by atoms with E-state index in [0.717, 1.165) is 16.7 Å². The number of benzene rings is 2. The van der Waals surface area contributed by atoms with Crippen LogP contribution in [0.5, 0.6) is 5.75 Å². The van der Waals surface area contributed by atoms with Gasteiger partial charge in [0.25, 0.3) is 0 Å². The first-order valence-electron chi connectivity index (χ1n) is 5.98. The molecule has 0 saturated heterocycles. The highest BCUT2D eigenvalue weighted by Gasteiger charge is 2.31. The average molecular weight is 294 g/mol. The first kappa shape index (κ1) is 13.3. The number of aromatic nitrogens is 2. The number of aromatic hydroxyl groups is 1. The molecule has 0 unspecified atom stereocenters. The number of hydrogen-bond acceptors (Lipinski definition) is 2. The summed E-state index contributed by atoms with van der Waals surface area (Å²) in [6.07, 6.45) is -4.48. The largest absolute Gasteiger partial charge is 0.506 e. The fraction of sp³-hybridized carbons (Fsp3) is 0.0714. The summed E-state index contributed by atoms with van der Waals surface area (Å²) < 4.78 is 39.1. The van der Waals surface area contributed by atoms with Crippen LogP contribution in [0.15, 0.2) is 47.3 Å². The number of aromatic amines is 1. The lowest BCUT2D eigenvalue weighted by Gasteiger charge is -2.08. The number of H-pyrrole nitrogens is 1. The summed E-state index contributed by atoms with van der Waals surface area (Å²) in [7, 11) is 0. The smallest absolute Gasteiger partial charge is 0.416 e. The molecule has 0 radical (unpaired) electrons. The first-order chi connectivity index (χ1) is 9.88. The minimum Gasteiger partial charge on any atom is -0.506 e. The van der Waals surface area contributed by atoms with Crippen LogP contribution < -0.4 is 5.69 Å². The highest BCUT2D eigenvalue weighted by atomic mass is 19.4. The van der Waals surface area contributed by atoms with Gasteiger partial charge in [0.2, 0.25) is 0 Å².